The van der Waals surface area contributed by atoms with Crippen LogP contribution in [0.1, 0.15) is 44.5 Å². The standard InChI is InChI=1S/C51H39N/c1-3-40-30-31-41-16-10-11-21-47(41)48(40)36-29-39-27-34-45(35-28-39)52-44-32-25-38(26-33-44)15-14-23-46-37(2)51(42-17-6-4-7-18-42,43-19-8-5-9-20-43)50-24-13-12-22-49(46)50/h3-36,52H,1-2H2/b15-14+,36-29+,46-23+. The van der Waals surface area contributed by atoms with Crippen molar-refractivity contribution >= 4 is 52.0 Å². The van der Waals surface area contributed by atoms with Gasteiger partial charge in [0, 0.05) is 11.4 Å². The highest BCUT2D eigenvalue weighted by atomic mass is 14.9. The molecule has 248 valence electrons. The van der Waals surface area contributed by atoms with Crippen LogP contribution in [-0.2, 0) is 5.41 Å². The number of hydrogen-bond donors (Lipinski definition) is 1. The van der Waals surface area contributed by atoms with Crippen molar-refractivity contribution in [3.05, 3.63) is 245 Å². The summed E-state index contributed by atoms with van der Waals surface area (Å²) >= 11 is 0. The van der Waals surface area contributed by atoms with Crippen molar-refractivity contribution in [2.75, 3.05) is 5.32 Å². The van der Waals surface area contributed by atoms with Crippen LogP contribution in [0.5, 0.6) is 0 Å². The van der Waals surface area contributed by atoms with E-state index in [1.807, 2.05) is 6.08 Å². The second-order valence-corrected chi connectivity index (χ2v) is 13.1. The third-order valence-electron chi connectivity index (χ3n) is 10.1. The molecule has 0 heterocycles. The smallest absolute Gasteiger partial charge is 0.0707 e. The number of nitrogens with one attached hydrogen (secondary N) is 1. The van der Waals surface area contributed by atoms with Gasteiger partial charge < -0.3 is 5.32 Å². The van der Waals surface area contributed by atoms with Crippen LogP contribution in [0.4, 0.5) is 11.4 Å². The van der Waals surface area contributed by atoms with Gasteiger partial charge in [0.25, 0.3) is 0 Å². The highest BCUT2D eigenvalue weighted by molar-refractivity contribution is 5.96. The summed E-state index contributed by atoms with van der Waals surface area (Å²) in [6.45, 7) is 8.79. The Hall–Kier alpha value is -6.70. The van der Waals surface area contributed by atoms with E-state index in [4.69, 9.17) is 6.58 Å². The predicted octanol–water partition coefficient (Wildman–Crippen LogP) is 13.4. The topological polar surface area (TPSA) is 12.0 Å². The van der Waals surface area contributed by atoms with Crippen molar-refractivity contribution < 1.29 is 0 Å². The van der Waals surface area contributed by atoms with E-state index in [-0.39, 0.29) is 0 Å². The maximum absolute atomic E-state index is 4.76. The molecule has 0 radical (unpaired) electrons. The maximum Gasteiger partial charge on any atom is 0.0707 e. The molecule has 1 aliphatic rings. The summed E-state index contributed by atoms with van der Waals surface area (Å²) in [5.74, 6) is 0. The van der Waals surface area contributed by atoms with E-state index < -0.39 is 5.41 Å². The van der Waals surface area contributed by atoms with Gasteiger partial charge in [0.1, 0.15) is 0 Å². The monoisotopic (exact) mass is 665 g/mol. The second kappa shape index (κ2) is 14.3. The van der Waals surface area contributed by atoms with Gasteiger partial charge in [-0.1, -0.05) is 195 Å². The molecule has 8 rings (SSSR count). The quantitative estimate of drug-likeness (QED) is 0.151. The van der Waals surface area contributed by atoms with Gasteiger partial charge in [0.05, 0.1) is 5.41 Å². The van der Waals surface area contributed by atoms with Crippen LogP contribution in [0.15, 0.2) is 201 Å². The fourth-order valence-corrected chi connectivity index (χ4v) is 7.60. The zero-order valence-electron chi connectivity index (χ0n) is 29.0. The second-order valence-electron chi connectivity index (χ2n) is 13.1. The molecule has 0 aromatic heterocycles. The van der Waals surface area contributed by atoms with Crippen molar-refractivity contribution in [1.82, 2.24) is 0 Å². The Labute approximate surface area is 307 Å². The minimum absolute atomic E-state index is 0.452. The van der Waals surface area contributed by atoms with Gasteiger partial charge >= 0.3 is 0 Å². The lowest BCUT2D eigenvalue weighted by molar-refractivity contribution is 0.772. The fraction of sp³-hybridized carbons (Fsp3) is 0.0196. The van der Waals surface area contributed by atoms with Crippen LogP contribution < -0.4 is 5.32 Å². The Bertz CT molecular complexity index is 2440. The number of anilines is 2. The Morgan fingerprint density at radius 1 is 0.519 bits per heavy atom. The lowest BCUT2D eigenvalue weighted by Crippen LogP contribution is -2.28. The average molecular weight is 666 g/mol. The molecule has 1 nitrogen and oxygen atoms in total. The zero-order chi connectivity index (χ0) is 35.3. The summed E-state index contributed by atoms with van der Waals surface area (Å²) in [5.41, 5.74) is 13.4. The molecule has 0 atom stereocenters. The first-order chi connectivity index (χ1) is 25.6. The van der Waals surface area contributed by atoms with Gasteiger partial charge in [0.15, 0.2) is 0 Å². The summed E-state index contributed by atoms with van der Waals surface area (Å²) in [7, 11) is 0. The first-order valence-electron chi connectivity index (χ1n) is 17.7. The predicted molar refractivity (Wildman–Crippen MR) is 224 cm³/mol. The molecular formula is C51H39N. The number of rotatable bonds is 9. The van der Waals surface area contributed by atoms with E-state index in [0.717, 1.165) is 39.2 Å². The molecule has 1 aliphatic carbocycles. The molecule has 0 aliphatic heterocycles. The van der Waals surface area contributed by atoms with Crippen molar-refractivity contribution in [2.24, 2.45) is 0 Å². The summed E-state index contributed by atoms with van der Waals surface area (Å²) in [5, 5.41) is 6.00. The lowest BCUT2D eigenvalue weighted by atomic mass is 9.68. The van der Waals surface area contributed by atoms with Gasteiger partial charge in [-0.05, 0) is 90.7 Å². The lowest BCUT2D eigenvalue weighted by Gasteiger charge is -2.33. The van der Waals surface area contributed by atoms with E-state index in [1.165, 1.54) is 38.6 Å². The molecule has 0 amide bonds. The van der Waals surface area contributed by atoms with Crippen LogP contribution in [-0.4, -0.2) is 0 Å². The minimum atomic E-state index is -0.452. The molecule has 0 unspecified atom stereocenters. The van der Waals surface area contributed by atoms with E-state index in [1.54, 1.807) is 0 Å². The van der Waals surface area contributed by atoms with Gasteiger partial charge in [-0.15, -0.1) is 0 Å². The molecule has 1 heteroatoms. The molecule has 0 fully saturated rings. The van der Waals surface area contributed by atoms with Crippen LogP contribution in [0.3, 0.4) is 0 Å². The third-order valence-corrected chi connectivity index (χ3v) is 10.1. The zero-order valence-corrected chi connectivity index (χ0v) is 29.0. The van der Waals surface area contributed by atoms with Crippen LogP contribution in [0.25, 0.3) is 40.6 Å². The highest BCUT2D eigenvalue weighted by Crippen LogP contribution is 2.56. The van der Waals surface area contributed by atoms with Crippen LogP contribution in [0, 0.1) is 0 Å². The molecule has 0 bridgehead atoms. The van der Waals surface area contributed by atoms with Crippen molar-refractivity contribution in [1.29, 1.82) is 0 Å². The highest BCUT2D eigenvalue weighted by Gasteiger charge is 2.46. The third kappa shape index (κ3) is 6.04. The van der Waals surface area contributed by atoms with Gasteiger partial charge in [-0.3, -0.25) is 0 Å². The molecule has 0 spiro atoms. The Morgan fingerprint density at radius 3 is 1.75 bits per heavy atom. The summed E-state index contributed by atoms with van der Waals surface area (Å²) in [6.07, 6.45) is 12.8. The number of benzene rings is 7. The molecule has 1 N–H and O–H groups in total. The van der Waals surface area contributed by atoms with Crippen LogP contribution in [0.2, 0.25) is 0 Å². The van der Waals surface area contributed by atoms with Gasteiger partial charge in [-0.25, -0.2) is 0 Å². The van der Waals surface area contributed by atoms with Gasteiger partial charge in [-0.2, -0.15) is 0 Å². The Balaban J connectivity index is 0.990. The molecule has 0 saturated carbocycles. The number of hydrogen-bond acceptors (Lipinski definition) is 1. The largest absolute Gasteiger partial charge is 0.356 e. The van der Waals surface area contributed by atoms with Crippen LogP contribution >= 0.6 is 0 Å². The van der Waals surface area contributed by atoms with E-state index >= 15 is 0 Å². The average Bonchev–Trinajstić information content (AvgIpc) is 3.46. The number of fused-ring (bicyclic) bond motifs is 2. The van der Waals surface area contributed by atoms with Crippen molar-refractivity contribution in [3.8, 4) is 0 Å². The molecule has 7 aromatic carbocycles. The van der Waals surface area contributed by atoms with Gasteiger partial charge in [0.2, 0.25) is 0 Å². The van der Waals surface area contributed by atoms with Crippen molar-refractivity contribution in [3.63, 3.8) is 0 Å². The molecule has 7 aromatic rings. The summed E-state index contributed by atoms with van der Waals surface area (Å²) < 4.78 is 0. The first-order valence-corrected chi connectivity index (χ1v) is 17.7. The molecule has 52 heavy (non-hydrogen) atoms. The molecular weight excluding hydrogens is 627 g/mol. The summed E-state index contributed by atoms with van der Waals surface area (Å²) in [4.78, 5) is 0. The normalized spacial score (nSPS) is 14.3. The van der Waals surface area contributed by atoms with E-state index in [0.29, 0.717) is 0 Å². The summed E-state index contributed by atoms with van der Waals surface area (Å²) in [6, 6.07) is 60.1. The fourth-order valence-electron chi connectivity index (χ4n) is 7.60. The Morgan fingerprint density at radius 2 is 1.10 bits per heavy atom. The maximum atomic E-state index is 4.76. The SMILES string of the molecule is C=Cc1ccc2ccccc2c1/C=C/c1ccc(Nc2ccc(/C=C/C=C3\C(=C)C(c4ccccc4)(c4ccccc4)c4ccccc43)cc2)cc1. The first kappa shape index (κ1) is 32.5. The molecule has 0 saturated heterocycles. The van der Waals surface area contributed by atoms with E-state index in [9.17, 15) is 0 Å². The Kier molecular flexibility index (Phi) is 8.92. The van der Waals surface area contributed by atoms with E-state index in [2.05, 4.69) is 212 Å². The number of allylic oxidation sites excluding steroid dienone is 4. The van der Waals surface area contributed by atoms with Crippen molar-refractivity contribution in [2.45, 2.75) is 5.41 Å². The minimum Gasteiger partial charge on any atom is -0.356 e.